The van der Waals surface area contributed by atoms with Crippen LogP contribution in [0.3, 0.4) is 0 Å². The van der Waals surface area contributed by atoms with E-state index in [4.69, 9.17) is 63.5 Å². The predicted octanol–water partition coefficient (Wildman–Crippen LogP) is 5.95. The summed E-state index contributed by atoms with van der Waals surface area (Å²) in [5.74, 6) is -8.19. The van der Waals surface area contributed by atoms with E-state index in [1.807, 2.05) is 0 Å². The molecule has 0 radical (unpaired) electrons. The molecule has 1 saturated heterocycles. The Balaban J connectivity index is 2.39. The second-order valence-electron chi connectivity index (χ2n) is 4.74. The Kier molecular flexibility index (Phi) is 7.03. The fourth-order valence-electron chi connectivity index (χ4n) is 1.88. The van der Waals surface area contributed by atoms with Crippen LogP contribution in [-0.4, -0.2) is 38.4 Å². The molecule has 2 heterocycles. The summed E-state index contributed by atoms with van der Waals surface area (Å²) in [4.78, 5) is 24.6. The fraction of sp³-hybridized carbons (Fsp3) is 0.778. The standard InChI is InChI=1S/C9H14Cl4N3O6P3/c1-3-19-7(17)9(8(18)20-4-2)5-21-25(22-6-9)15-23(10,11)14-24(12,13)16-25/h3-6H2,1-2H3. The van der Waals surface area contributed by atoms with Gasteiger partial charge in [0.15, 0.2) is 0 Å². The number of hydrogen-bond acceptors (Lipinski definition) is 9. The van der Waals surface area contributed by atoms with Crippen molar-refractivity contribution < 1.29 is 28.1 Å². The van der Waals surface area contributed by atoms with Crippen LogP contribution in [0.4, 0.5) is 0 Å². The van der Waals surface area contributed by atoms with Crippen LogP contribution in [0.15, 0.2) is 13.5 Å². The highest BCUT2D eigenvalue weighted by molar-refractivity contribution is 8.20. The summed E-state index contributed by atoms with van der Waals surface area (Å²) in [7, 11) is -3.41. The highest BCUT2D eigenvalue weighted by Gasteiger charge is 2.56. The van der Waals surface area contributed by atoms with Gasteiger partial charge in [0.25, 0.3) is 11.8 Å². The van der Waals surface area contributed by atoms with Gasteiger partial charge in [-0.05, 0) is 58.8 Å². The van der Waals surface area contributed by atoms with Crippen molar-refractivity contribution in [2.45, 2.75) is 13.8 Å². The maximum atomic E-state index is 12.3. The number of nitrogens with zero attached hydrogens (tertiary/aromatic N) is 3. The number of carbonyl (C=O) groups is 2. The van der Waals surface area contributed by atoms with Gasteiger partial charge in [-0.1, -0.05) is 0 Å². The summed E-state index contributed by atoms with van der Waals surface area (Å²) in [6, 6.07) is 0. The predicted molar refractivity (Wildman–Crippen MR) is 99.1 cm³/mol. The molecule has 2 rings (SSSR count). The highest BCUT2D eigenvalue weighted by atomic mass is 35.9. The Morgan fingerprint density at radius 2 is 1.36 bits per heavy atom. The van der Waals surface area contributed by atoms with Crippen LogP contribution in [0.1, 0.15) is 13.8 Å². The van der Waals surface area contributed by atoms with Crippen LogP contribution >= 0.6 is 64.4 Å². The molecule has 2 aliphatic rings. The van der Waals surface area contributed by atoms with E-state index < -0.39 is 50.0 Å². The molecule has 0 N–H and O–H groups in total. The zero-order valence-electron chi connectivity index (χ0n) is 13.0. The summed E-state index contributed by atoms with van der Waals surface area (Å²) >= 11 is 24.0. The molecule has 1 fully saturated rings. The molecule has 144 valence electrons. The number of hydrogen-bond donors (Lipinski definition) is 0. The molecule has 1 spiro atoms. The van der Waals surface area contributed by atoms with E-state index in [9.17, 15) is 9.59 Å². The van der Waals surface area contributed by atoms with Gasteiger partial charge in [-0.2, -0.15) is 13.5 Å². The molecule has 0 unspecified atom stereocenters. The Bertz CT molecular complexity index is 707. The monoisotopic (exact) mass is 493 g/mol. The summed E-state index contributed by atoms with van der Waals surface area (Å²) < 4.78 is 32.8. The van der Waals surface area contributed by atoms with Crippen molar-refractivity contribution in [2.75, 3.05) is 26.4 Å². The van der Waals surface area contributed by atoms with Gasteiger partial charge >= 0.3 is 19.6 Å². The average molecular weight is 495 g/mol. The topological polar surface area (TPSA) is 108 Å². The van der Waals surface area contributed by atoms with E-state index in [1.54, 1.807) is 13.8 Å². The maximum Gasteiger partial charge on any atom is 0.345 e. The van der Waals surface area contributed by atoms with Gasteiger partial charge in [0.1, 0.15) is 0 Å². The minimum Gasteiger partial charge on any atom is -0.465 e. The second-order valence-corrected chi connectivity index (χ2v) is 16.9. The van der Waals surface area contributed by atoms with Crippen molar-refractivity contribution >= 4 is 76.4 Å². The van der Waals surface area contributed by atoms with Gasteiger partial charge < -0.3 is 18.5 Å². The molecule has 0 bridgehead atoms. The molecule has 0 amide bonds. The number of esters is 2. The Morgan fingerprint density at radius 3 is 1.76 bits per heavy atom. The van der Waals surface area contributed by atoms with Gasteiger partial charge in [0, 0.05) is 0 Å². The molecule has 16 heteroatoms. The van der Waals surface area contributed by atoms with E-state index in [1.165, 1.54) is 0 Å². The summed E-state index contributed by atoms with van der Waals surface area (Å²) in [5, 5.41) is 0. The first-order valence-corrected chi connectivity index (χ1v) is 15.4. The van der Waals surface area contributed by atoms with Crippen molar-refractivity contribution in [3.8, 4) is 0 Å². The lowest BCUT2D eigenvalue weighted by Crippen LogP contribution is -2.50. The molecule has 0 saturated carbocycles. The van der Waals surface area contributed by atoms with Crippen molar-refractivity contribution in [1.29, 1.82) is 0 Å². The quantitative estimate of drug-likeness (QED) is 0.271. The smallest absolute Gasteiger partial charge is 0.345 e. The van der Waals surface area contributed by atoms with Crippen LogP contribution in [0.25, 0.3) is 0 Å². The number of ether oxygens (including phenoxy) is 2. The lowest BCUT2D eigenvalue weighted by atomic mass is 9.90. The highest BCUT2D eigenvalue weighted by Crippen LogP contribution is 2.86. The molecule has 0 aromatic carbocycles. The molecule has 0 aliphatic carbocycles. The molecular weight excluding hydrogens is 481 g/mol. The molecule has 2 aliphatic heterocycles. The Morgan fingerprint density at radius 1 is 0.920 bits per heavy atom. The minimum atomic E-state index is -3.41. The molecule has 0 atom stereocenters. The third kappa shape index (κ3) is 4.96. The van der Waals surface area contributed by atoms with Crippen LogP contribution in [-0.2, 0) is 28.1 Å². The Hall–Kier alpha value is 0.710. The first-order valence-electron chi connectivity index (χ1n) is 6.83. The van der Waals surface area contributed by atoms with E-state index >= 15 is 0 Å². The minimum absolute atomic E-state index is 0.0594. The Labute approximate surface area is 163 Å². The lowest BCUT2D eigenvalue weighted by Gasteiger charge is -2.37. The normalized spacial score (nSPS) is 25.0. The van der Waals surface area contributed by atoms with Crippen molar-refractivity contribution in [3.05, 3.63) is 0 Å². The van der Waals surface area contributed by atoms with Gasteiger partial charge in [-0.15, -0.1) is 0 Å². The average Bonchev–Trinajstić information content (AvgIpc) is 2.45. The van der Waals surface area contributed by atoms with Crippen LogP contribution in [0, 0.1) is 5.41 Å². The lowest BCUT2D eigenvalue weighted by molar-refractivity contribution is -0.179. The first-order chi connectivity index (χ1) is 11.5. The molecular formula is C9H14Cl4N3O6P3. The van der Waals surface area contributed by atoms with Gasteiger partial charge in [-0.25, -0.2) is 0 Å². The van der Waals surface area contributed by atoms with Crippen LogP contribution in [0.2, 0.25) is 0 Å². The molecule has 0 aromatic heterocycles. The largest absolute Gasteiger partial charge is 0.465 e. The third-order valence-electron chi connectivity index (χ3n) is 2.95. The van der Waals surface area contributed by atoms with Crippen LogP contribution in [0.5, 0.6) is 0 Å². The third-order valence-corrected chi connectivity index (χ3v) is 14.0. The van der Waals surface area contributed by atoms with Crippen molar-refractivity contribution in [2.24, 2.45) is 19.0 Å². The summed E-state index contributed by atoms with van der Waals surface area (Å²) in [6.45, 7) is 2.42. The first kappa shape index (κ1) is 22.0. The maximum absolute atomic E-state index is 12.3. The number of halogens is 4. The van der Waals surface area contributed by atoms with E-state index in [-0.39, 0.29) is 13.2 Å². The fourth-order valence-corrected chi connectivity index (χ4v) is 16.0. The molecule has 0 aromatic rings. The second kappa shape index (κ2) is 7.98. The number of rotatable bonds is 4. The van der Waals surface area contributed by atoms with Crippen molar-refractivity contribution in [1.82, 2.24) is 0 Å². The van der Waals surface area contributed by atoms with E-state index in [2.05, 4.69) is 13.5 Å². The SMILES string of the molecule is CCOC(=O)C1(C(=O)OCC)COP2(=NP(Cl)(Cl)=NP(Cl)(Cl)=N2)OC1. The van der Waals surface area contributed by atoms with Crippen molar-refractivity contribution in [3.63, 3.8) is 0 Å². The zero-order valence-corrected chi connectivity index (χ0v) is 18.7. The molecule has 25 heavy (non-hydrogen) atoms. The summed E-state index contributed by atoms with van der Waals surface area (Å²) in [6.07, 6.45) is 0. The van der Waals surface area contributed by atoms with E-state index in [0.717, 1.165) is 0 Å². The van der Waals surface area contributed by atoms with Crippen LogP contribution < -0.4 is 0 Å². The summed E-state index contributed by atoms with van der Waals surface area (Å²) in [5.41, 5.74) is -1.81. The van der Waals surface area contributed by atoms with Gasteiger partial charge in [-0.3, -0.25) is 9.59 Å². The zero-order chi connectivity index (χ0) is 18.9. The van der Waals surface area contributed by atoms with E-state index in [0.29, 0.717) is 0 Å². The molecule has 9 nitrogen and oxygen atoms in total. The van der Waals surface area contributed by atoms with Gasteiger partial charge in [0.05, 0.1) is 26.4 Å². The van der Waals surface area contributed by atoms with Gasteiger partial charge in [0.2, 0.25) is 5.41 Å². The number of carbonyl (C=O) groups excluding carboxylic acids is 2.